The van der Waals surface area contributed by atoms with Gasteiger partial charge in [0.15, 0.2) is 0 Å². The number of hydrogen-bond donors (Lipinski definition) is 1. The Balaban J connectivity index is 1.60. The number of nitrogens with one attached hydrogen (secondary N) is 1. The number of benzene rings is 1. The standard InChI is InChI=1S/C13H18FNO2/c14-11-1-3-12(4-2-11)16-9-10-17-13-5-7-15-8-6-13/h1-4,13,15H,5-10H2. The van der Waals surface area contributed by atoms with Crippen molar-refractivity contribution in [3.63, 3.8) is 0 Å². The fraction of sp³-hybridized carbons (Fsp3) is 0.538. The van der Waals surface area contributed by atoms with Gasteiger partial charge in [0.2, 0.25) is 0 Å². The lowest BCUT2D eigenvalue weighted by Crippen LogP contribution is -2.33. The summed E-state index contributed by atoms with van der Waals surface area (Å²) < 4.78 is 23.8. The first kappa shape index (κ1) is 12.3. The highest BCUT2D eigenvalue weighted by Gasteiger charge is 2.12. The Morgan fingerprint density at radius 1 is 1.12 bits per heavy atom. The second kappa shape index (κ2) is 6.57. The minimum atomic E-state index is -0.247. The summed E-state index contributed by atoms with van der Waals surface area (Å²) in [5, 5.41) is 3.29. The Morgan fingerprint density at radius 2 is 1.82 bits per heavy atom. The molecule has 2 rings (SSSR count). The average Bonchev–Trinajstić information content (AvgIpc) is 2.38. The highest BCUT2D eigenvalue weighted by Crippen LogP contribution is 2.11. The molecule has 94 valence electrons. The molecule has 0 saturated carbocycles. The lowest BCUT2D eigenvalue weighted by molar-refractivity contribution is 0.0168. The summed E-state index contributed by atoms with van der Waals surface area (Å²) in [5.74, 6) is 0.434. The van der Waals surface area contributed by atoms with E-state index in [9.17, 15) is 4.39 Å². The summed E-state index contributed by atoms with van der Waals surface area (Å²) in [6, 6.07) is 6.03. The van der Waals surface area contributed by atoms with E-state index in [1.807, 2.05) is 0 Å². The van der Waals surface area contributed by atoms with Crippen LogP contribution in [0.15, 0.2) is 24.3 Å². The van der Waals surface area contributed by atoms with Gasteiger partial charge >= 0.3 is 0 Å². The van der Waals surface area contributed by atoms with Crippen LogP contribution in [0.5, 0.6) is 5.75 Å². The third-order valence-corrected chi connectivity index (χ3v) is 2.81. The van der Waals surface area contributed by atoms with E-state index < -0.39 is 0 Å². The summed E-state index contributed by atoms with van der Waals surface area (Å²) >= 11 is 0. The van der Waals surface area contributed by atoms with Crippen LogP contribution in [0.4, 0.5) is 4.39 Å². The molecule has 3 nitrogen and oxygen atoms in total. The van der Waals surface area contributed by atoms with Crippen molar-refractivity contribution in [2.45, 2.75) is 18.9 Å². The Bertz CT molecular complexity index is 323. The quantitative estimate of drug-likeness (QED) is 0.797. The minimum Gasteiger partial charge on any atom is -0.491 e. The van der Waals surface area contributed by atoms with Crippen molar-refractivity contribution in [1.82, 2.24) is 5.32 Å². The van der Waals surface area contributed by atoms with Gasteiger partial charge in [-0.1, -0.05) is 0 Å². The number of ether oxygens (including phenoxy) is 2. The lowest BCUT2D eigenvalue weighted by atomic mass is 10.1. The van der Waals surface area contributed by atoms with E-state index in [1.54, 1.807) is 12.1 Å². The molecule has 1 aromatic carbocycles. The third kappa shape index (κ3) is 4.32. The summed E-state index contributed by atoms with van der Waals surface area (Å²) in [5.41, 5.74) is 0. The Hall–Kier alpha value is -1.13. The summed E-state index contributed by atoms with van der Waals surface area (Å²) in [4.78, 5) is 0. The Labute approximate surface area is 101 Å². The predicted octanol–water partition coefficient (Wildman–Crippen LogP) is 1.97. The first-order valence-corrected chi connectivity index (χ1v) is 6.05. The third-order valence-electron chi connectivity index (χ3n) is 2.81. The van der Waals surface area contributed by atoms with Gasteiger partial charge in [-0.05, 0) is 50.2 Å². The van der Waals surface area contributed by atoms with E-state index in [4.69, 9.17) is 9.47 Å². The lowest BCUT2D eigenvalue weighted by Gasteiger charge is -2.22. The van der Waals surface area contributed by atoms with Crippen molar-refractivity contribution in [3.8, 4) is 5.75 Å². The van der Waals surface area contributed by atoms with Gasteiger partial charge in [-0.25, -0.2) is 4.39 Å². The number of halogens is 1. The minimum absolute atomic E-state index is 0.247. The van der Waals surface area contributed by atoms with E-state index in [0.29, 0.717) is 25.1 Å². The molecule has 1 aromatic rings. The largest absolute Gasteiger partial charge is 0.491 e. The van der Waals surface area contributed by atoms with Gasteiger partial charge in [0, 0.05) is 0 Å². The van der Waals surface area contributed by atoms with Gasteiger partial charge in [-0.15, -0.1) is 0 Å². The zero-order valence-corrected chi connectivity index (χ0v) is 9.82. The van der Waals surface area contributed by atoms with Crippen molar-refractivity contribution >= 4 is 0 Å². The van der Waals surface area contributed by atoms with Crippen LogP contribution in [0.3, 0.4) is 0 Å². The van der Waals surface area contributed by atoms with Crippen LogP contribution in [0, 0.1) is 5.82 Å². The fourth-order valence-electron chi connectivity index (χ4n) is 1.87. The van der Waals surface area contributed by atoms with Crippen LogP contribution in [-0.4, -0.2) is 32.4 Å². The smallest absolute Gasteiger partial charge is 0.123 e. The van der Waals surface area contributed by atoms with Gasteiger partial charge in [-0.3, -0.25) is 0 Å². The monoisotopic (exact) mass is 239 g/mol. The molecular formula is C13H18FNO2. The predicted molar refractivity (Wildman–Crippen MR) is 63.7 cm³/mol. The molecule has 0 radical (unpaired) electrons. The first-order valence-electron chi connectivity index (χ1n) is 6.05. The summed E-state index contributed by atoms with van der Waals surface area (Å²) in [6.07, 6.45) is 2.49. The molecule has 1 fully saturated rings. The molecule has 0 aliphatic carbocycles. The molecule has 1 heterocycles. The van der Waals surface area contributed by atoms with Crippen molar-refractivity contribution in [3.05, 3.63) is 30.1 Å². The molecule has 1 aliphatic heterocycles. The summed E-state index contributed by atoms with van der Waals surface area (Å²) in [6.45, 7) is 3.16. The Morgan fingerprint density at radius 3 is 2.53 bits per heavy atom. The van der Waals surface area contributed by atoms with Gasteiger partial charge in [-0.2, -0.15) is 0 Å². The van der Waals surface area contributed by atoms with Gasteiger partial charge < -0.3 is 14.8 Å². The van der Waals surface area contributed by atoms with Gasteiger partial charge in [0.25, 0.3) is 0 Å². The second-order valence-corrected chi connectivity index (χ2v) is 4.12. The van der Waals surface area contributed by atoms with Crippen LogP contribution in [0.2, 0.25) is 0 Å². The van der Waals surface area contributed by atoms with Crippen LogP contribution in [0.25, 0.3) is 0 Å². The average molecular weight is 239 g/mol. The van der Waals surface area contributed by atoms with E-state index >= 15 is 0 Å². The van der Waals surface area contributed by atoms with E-state index in [2.05, 4.69) is 5.32 Å². The van der Waals surface area contributed by atoms with E-state index in [1.165, 1.54) is 12.1 Å². The number of piperidine rings is 1. The topological polar surface area (TPSA) is 30.5 Å². The summed E-state index contributed by atoms with van der Waals surface area (Å²) in [7, 11) is 0. The van der Waals surface area contributed by atoms with E-state index in [-0.39, 0.29) is 5.82 Å². The Kier molecular flexibility index (Phi) is 4.76. The number of hydrogen-bond acceptors (Lipinski definition) is 3. The molecule has 0 amide bonds. The van der Waals surface area contributed by atoms with Gasteiger partial charge in [0.1, 0.15) is 18.2 Å². The molecule has 0 bridgehead atoms. The van der Waals surface area contributed by atoms with Crippen LogP contribution < -0.4 is 10.1 Å². The maximum absolute atomic E-state index is 12.6. The molecule has 0 atom stereocenters. The van der Waals surface area contributed by atoms with Crippen LogP contribution >= 0.6 is 0 Å². The zero-order chi connectivity index (χ0) is 11.9. The molecule has 1 aliphatic rings. The van der Waals surface area contributed by atoms with Crippen LogP contribution in [0.1, 0.15) is 12.8 Å². The van der Waals surface area contributed by atoms with E-state index in [0.717, 1.165) is 25.9 Å². The molecule has 17 heavy (non-hydrogen) atoms. The molecule has 0 aromatic heterocycles. The molecular weight excluding hydrogens is 221 g/mol. The van der Waals surface area contributed by atoms with Crippen LogP contribution in [-0.2, 0) is 4.74 Å². The molecule has 1 N–H and O–H groups in total. The molecule has 0 spiro atoms. The van der Waals surface area contributed by atoms with Crippen molar-refractivity contribution in [1.29, 1.82) is 0 Å². The molecule has 0 unspecified atom stereocenters. The SMILES string of the molecule is Fc1ccc(OCCOC2CCNCC2)cc1. The van der Waals surface area contributed by atoms with Gasteiger partial charge in [0.05, 0.1) is 12.7 Å². The van der Waals surface area contributed by atoms with Crippen molar-refractivity contribution in [2.24, 2.45) is 0 Å². The maximum atomic E-state index is 12.6. The highest BCUT2D eigenvalue weighted by molar-refractivity contribution is 5.21. The van der Waals surface area contributed by atoms with Crippen molar-refractivity contribution in [2.75, 3.05) is 26.3 Å². The zero-order valence-electron chi connectivity index (χ0n) is 9.82. The molecule has 1 saturated heterocycles. The molecule has 4 heteroatoms. The maximum Gasteiger partial charge on any atom is 0.123 e. The highest BCUT2D eigenvalue weighted by atomic mass is 19.1. The second-order valence-electron chi connectivity index (χ2n) is 4.12. The fourth-order valence-corrected chi connectivity index (χ4v) is 1.87. The first-order chi connectivity index (χ1) is 8.34. The van der Waals surface area contributed by atoms with Crippen molar-refractivity contribution < 1.29 is 13.9 Å². The normalized spacial score (nSPS) is 17.0. The number of rotatable bonds is 5.